The van der Waals surface area contributed by atoms with Crippen molar-refractivity contribution in [1.82, 2.24) is 14.9 Å². The number of benzene rings is 1. The van der Waals surface area contributed by atoms with E-state index in [0.717, 1.165) is 69.1 Å². The molecule has 0 bridgehead atoms. The third-order valence-corrected chi connectivity index (χ3v) is 6.02. The molecule has 2 fully saturated rings. The third-order valence-electron chi connectivity index (χ3n) is 6.02. The van der Waals surface area contributed by atoms with E-state index in [9.17, 15) is 9.90 Å². The number of ether oxygens (including phenoxy) is 1. The van der Waals surface area contributed by atoms with Crippen LogP contribution in [-0.2, 0) is 6.54 Å². The summed E-state index contributed by atoms with van der Waals surface area (Å²) in [6, 6.07) is 7.25. The highest BCUT2D eigenvalue weighted by molar-refractivity contribution is 5.45. The van der Waals surface area contributed by atoms with Crippen molar-refractivity contribution in [2.45, 2.75) is 44.6 Å². The Morgan fingerprint density at radius 2 is 2.03 bits per heavy atom. The number of phenols is 1. The first-order valence-corrected chi connectivity index (χ1v) is 10.6. The average Bonchev–Trinajstić information content (AvgIpc) is 2.76. The van der Waals surface area contributed by atoms with Crippen LogP contribution in [0.5, 0.6) is 11.5 Å². The fourth-order valence-electron chi connectivity index (χ4n) is 4.47. The Morgan fingerprint density at radius 1 is 1.21 bits per heavy atom. The lowest BCUT2D eigenvalue weighted by atomic mass is 9.94. The van der Waals surface area contributed by atoms with Gasteiger partial charge < -0.3 is 14.7 Å². The second-order valence-electron chi connectivity index (χ2n) is 8.08. The molecule has 1 unspecified atom stereocenters. The lowest BCUT2D eigenvalue weighted by molar-refractivity contribution is 0.196. The van der Waals surface area contributed by atoms with Crippen LogP contribution in [0.15, 0.2) is 29.1 Å². The van der Waals surface area contributed by atoms with E-state index >= 15 is 0 Å². The molecule has 1 aromatic heterocycles. The zero-order chi connectivity index (χ0) is 20.2. The molecule has 3 heterocycles. The predicted molar refractivity (Wildman–Crippen MR) is 113 cm³/mol. The Kier molecular flexibility index (Phi) is 6.04. The van der Waals surface area contributed by atoms with Crippen LogP contribution in [0, 0.1) is 0 Å². The summed E-state index contributed by atoms with van der Waals surface area (Å²) in [6.45, 7) is 4.36. The molecule has 2 saturated heterocycles. The molecular formula is C22H30N4O3. The van der Waals surface area contributed by atoms with E-state index in [-0.39, 0.29) is 17.2 Å². The van der Waals surface area contributed by atoms with E-state index in [0.29, 0.717) is 12.3 Å². The van der Waals surface area contributed by atoms with E-state index in [2.05, 4.69) is 14.8 Å². The topological polar surface area (TPSA) is 81.7 Å². The third kappa shape index (κ3) is 4.56. The molecule has 29 heavy (non-hydrogen) atoms. The number of phenolic OH excluding ortho intramolecular Hbond substituents is 1. The molecule has 2 aromatic rings. The van der Waals surface area contributed by atoms with Crippen molar-refractivity contribution in [1.29, 1.82) is 0 Å². The maximum atomic E-state index is 12.3. The van der Waals surface area contributed by atoms with Crippen LogP contribution in [0.2, 0.25) is 0 Å². The Bertz CT molecular complexity index is 892. The van der Waals surface area contributed by atoms with Gasteiger partial charge in [-0.25, -0.2) is 4.98 Å². The molecular weight excluding hydrogens is 368 g/mol. The number of H-pyrrole nitrogens is 1. The minimum absolute atomic E-state index is 0.0712. The number of aromatic amines is 1. The van der Waals surface area contributed by atoms with Crippen molar-refractivity contribution in [3.8, 4) is 11.5 Å². The molecule has 0 radical (unpaired) electrons. The van der Waals surface area contributed by atoms with Crippen LogP contribution in [0.1, 0.15) is 49.3 Å². The van der Waals surface area contributed by atoms with Crippen molar-refractivity contribution in [2.24, 2.45) is 0 Å². The number of nitrogens with one attached hydrogen (secondary N) is 1. The van der Waals surface area contributed by atoms with Gasteiger partial charge in [-0.1, -0.05) is 12.1 Å². The molecule has 0 saturated carbocycles. The largest absolute Gasteiger partial charge is 0.504 e. The standard InChI is InChI=1S/C22H30N4O3/c1-29-19-9-5-7-17(21(19)28)15-25-10-6-8-16(14-25)18-13-20(27)24-22(23-18)26-11-3-2-4-12-26/h5,7,9,13,16,28H,2-4,6,8,10-12,14-15H2,1H3,(H,23,24,27). The molecule has 0 spiro atoms. The normalized spacial score (nSPS) is 20.6. The van der Waals surface area contributed by atoms with Gasteiger partial charge in [-0.15, -0.1) is 0 Å². The SMILES string of the molecule is COc1cccc(CN2CCCC(c3cc(=O)[nH]c(N4CCCCC4)n3)C2)c1O. The average molecular weight is 399 g/mol. The first-order valence-electron chi connectivity index (χ1n) is 10.6. The minimum Gasteiger partial charge on any atom is -0.504 e. The van der Waals surface area contributed by atoms with Crippen molar-refractivity contribution < 1.29 is 9.84 Å². The summed E-state index contributed by atoms with van der Waals surface area (Å²) in [6.07, 6.45) is 5.61. The highest BCUT2D eigenvalue weighted by atomic mass is 16.5. The first kappa shape index (κ1) is 19.8. The van der Waals surface area contributed by atoms with Crippen LogP contribution < -0.4 is 15.2 Å². The number of para-hydroxylation sites is 1. The zero-order valence-electron chi connectivity index (χ0n) is 17.1. The summed E-state index contributed by atoms with van der Waals surface area (Å²) in [5.74, 6) is 1.65. The number of hydrogen-bond donors (Lipinski definition) is 2. The minimum atomic E-state index is -0.0712. The van der Waals surface area contributed by atoms with Crippen LogP contribution >= 0.6 is 0 Å². The van der Waals surface area contributed by atoms with Gasteiger partial charge in [0.05, 0.1) is 12.8 Å². The summed E-state index contributed by atoms with van der Waals surface area (Å²) in [4.78, 5) is 24.6. The molecule has 0 amide bonds. The first-order chi connectivity index (χ1) is 14.1. The summed E-state index contributed by atoms with van der Waals surface area (Å²) in [7, 11) is 1.56. The van der Waals surface area contributed by atoms with Gasteiger partial charge in [0.15, 0.2) is 11.5 Å². The van der Waals surface area contributed by atoms with Crippen LogP contribution in [0.25, 0.3) is 0 Å². The number of methoxy groups -OCH3 is 1. The maximum Gasteiger partial charge on any atom is 0.252 e. The van der Waals surface area contributed by atoms with Crippen molar-refractivity contribution >= 4 is 5.95 Å². The number of likely N-dealkylation sites (tertiary alicyclic amines) is 1. The summed E-state index contributed by atoms with van der Waals surface area (Å²) in [5, 5.41) is 10.4. The van der Waals surface area contributed by atoms with Gasteiger partial charge in [-0.05, 0) is 44.7 Å². The predicted octanol–water partition coefficient (Wildman–Crippen LogP) is 2.85. The lowest BCUT2D eigenvalue weighted by Gasteiger charge is -2.33. The number of piperidine rings is 2. The molecule has 1 aromatic carbocycles. The summed E-state index contributed by atoms with van der Waals surface area (Å²) in [5.41, 5.74) is 1.67. The highest BCUT2D eigenvalue weighted by Crippen LogP contribution is 2.32. The lowest BCUT2D eigenvalue weighted by Crippen LogP contribution is -2.36. The van der Waals surface area contributed by atoms with E-state index in [4.69, 9.17) is 9.72 Å². The number of aromatic hydroxyl groups is 1. The van der Waals surface area contributed by atoms with Gasteiger partial charge in [-0.3, -0.25) is 14.7 Å². The van der Waals surface area contributed by atoms with Gasteiger partial charge in [0, 0.05) is 43.7 Å². The number of hydrogen-bond acceptors (Lipinski definition) is 6. The quantitative estimate of drug-likeness (QED) is 0.806. The maximum absolute atomic E-state index is 12.3. The molecule has 1 atom stereocenters. The van der Waals surface area contributed by atoms with Crippen molar-refractivity contribution in [3.63, 3.8) is 0 Å². The fourth-order valence-corrected chi connectivity index (χ4v) is 4.47. The van der Waals surface area contributed by atoms with E-state index in [1.165, 1.54) is 6.42 Å². The van der Waals surface area contributed by atoms with Crippen molar-refractivity contribution in [3.05, 3.63) is 45.9 Å². The Hall–Kier alpha value is -2.54. The van der Waals surface area contributed by atoms with Gasteiger partial charge in [0.1, 0.15) is 0 Å². The summed E-state index contributed by atoms with van der Waals surface area (Å²) >= 11 is 0. The molecule has 0 aliphatic carbocycles. The van der Waals surface area contributed by atoms with Gasteiger partial charge in [0.2, 0.25) is 5.95 Å². The Labute approximate surface area is 171 Å². The summed E-state index contributed by atoms with van der Waals surface area (Å²) < 4.78 is 5.23. The van der Waals surface area contributed by atoms with E-state index in [1.807, 2.05) is 12.1 Å². The molecule has 7 nitrogen and oxygen atoms in total. The molecule has 4 rings (SSSR count). The smallest absolute Gasteiger partial charge is 0.252 e. The van der Waals surface area contributed by atoms with Crippen molar-refractivity contribution in [2.75, 3.05) is 38.2 Å². The monoisotopic (exact) mass is 398 g/mol. The van der Waals surface area contributed by atoms with Crippen LogP contribution in [0.3, 0.4) is 0 Å². The number of nitrogens with zero attached hydrogens (tertiary/aromatic N) is 3. The van der Waals surface area contributed by atoms with E-state index < -0.39 is 0 Å². The number of rotatable bonds is 5. The highest BCUT2D eigenvalue weighted by Gasteiger charge is 2.25. The van der Waals surface area contributed by atoms with Gasteiger partial charge >= 0.3 is 0 Å². The number of aromatic nitrogens is 2. The molecule has 2 aliphatic heterocycles. The second-order valence-corrected chi connectivity index (χ2v) is 8.08. The van der Waals surface area contributed by atoms with Gasteiger partial charge in [0.25, 0.3) is 5.56 Å². The zero-order valence-corrected chi connectivity index (χ0v) is 17.1. The molecule has 7 heteroatoms. The van der Waals surface area contributed by atoms with Gasteiger partial charge in [-0.2, -0.15) is 0 Å². The number of anilines is 1. The van der Waals surface area contributed by atoms with E-state index in [1.54, 1.807) is 19.2 Å². The molecule has 2 N–H and O–H groups in total. The fraction of sp³-hybridized carbons (Fsp3) is 0.545. The molecule has 2 aliphatic rings. The molecule has 156 valence electrons. The van der Waals surface area contributed by atoms with Crippen LogP contribution in [-0.4, -0.2) is 53.3 Å². The Morgan fingerprint density at radius 3 is 2.83 bits per heavy atom. The second kappa shape index (κ2) is 8.86. The Balaban J connectivity index is 1.50. The van der Waals surface area contributed by atoms with Crippen LogP contribution in [0.4, 0.5) is 5.95 Å².